The average molecular weight is 223 g/mol. The summed E-state index contributed by atoms with van der Waals surface area (Å²) in [5.41, 5.74) is 1.87. The van der Waals surface area contributed by atoms with Gasteiger partial charge < -0.3 is 14.8 Å². The number of aryl methyl sites for hydroxylation is 1. The Morgan fingerprint density at radius 2 is 2.06 bits per heavy atom. The molecule has 0 aromatic carbocycles. The Balaban J connectivity index is 2.19. The summed E-state index contributed by atoms with van der Waals surface area (Å²) in [5.74, 6) is 0.199. The van der Waals surface area contributed by atoms with Gasteiger partial charge in [0.05, 0.1) is 19.3 Å². The molecule has 0 saturated carbocycles. The second-order valence-electron chi connectivity index (χ2n) is 4.36. The topological polar surface area (TPSA) is 62.5 Å². The van der Waals surface area contributed by atoms with E-state index in [9.17, 15) is 9.90 Å². The number of carbonyl (C=O) groups is 1. The van der Waals surface area contributed by atoms with Crippen molar-refractivity contribution >= 4 is 5.78 Å². The van der Waals surface area contributed by atoms with Crippen LogP contribution in [0.3, 0.4) is 0 Å². The van der Waals surface area contributed by atoms with Crippen LogP contribution in [-0.2, 0) is 13.0 Å². The largest absolute Gasteiger partial charge is 0.394 e. The SMILES string of the molecule is O=C1CCCCc2cn(CC(O)CO)cc21. The molecule has 88 valence electrons. The summed E-state index contributed by atoms with van der Waals surface area (Å²) in [7, 11) is 0. The van der Waals surface area contributed by atoms with Crippen LogP contribution in [0.4, 0.5) is 0 Å². The van der Waals surface area contributed by atoms with Gasteiger partial charge in [-0.1, -0.05) is 0 Å². The fourth-order valence-electron chi connectivity index (χ4n) is 2.15. The number of aromatic nitrogens is 1. The molecule has 1 heterocycles. The van der Waals surface area contributed by atoms with Crippen molar-refractivity contribution in [3.05, 3.63) is 23.5 Å². The molecule has 2 N–H and O–H groups in total. The third-order valence-electron chi connectivity index (χ3n) is 3.00. The molecular formula is C12H17NO3. The van der Waals surface area contributed by atoms with Gasteiger partial charge in [-0.15, -0.1) is 0 Å². The molecule has 1 unspecified atom stereocenters. The van der Waals surface area contributed by atoms with E-state index in [-0.39, 0.29) is 12.4 Å². The Bertz CT molecular complexity index is 384. The number of fused-ring (bicyclic) bond motifs is 1. The lowest BCUT2D eigenvalue weighted by molar-refractivity contribution is 0.0811. The highest BCUT2D eigenvalue weighted by Gasteiger charge is 2.18. The minimum absolute atomic E-state index is 0.199. The van der Waals surface area contributed by atoms with Crippen LogP contribution < -0.4 is 0 Å². The zero-order valence-electron chi connectivity index (χ0n) is 9.22. The van der Waals surface area contributed by atoms with Crippen molar-refractivity contribution in [1.29, 1.82) is 0 Å². The molecule has 1 aliphatic rings. The molecule has 0 fully saturated rings. The van der Waals surface area contributed by atoms with Gasteiger partial charge in [0, 0.05) is 24.4 Å². The van der Waals surface area contributed by atoms with Crippen molar-refractivity contribution in [2.45, 2.75) is 38.3 Å². The molecule has 1 aliphatic carbocycles. The van der Waals surface area contributed by atoms with Crippen molar-refractivity contribution < 1.29 is 15.0 Å². The maximum atomic E-state index is 11.7. The molecule has 4 nitrogen and oxygen atoms in total. The van der Waals surface area contributed by atoms with E-state index in [1.165, 1.54) is 0 Å². The number of hydrogen-bond acceptors (Lipinski definition) is 3. The molecule has 0 bridgehead atoms. The van der Waals surface area contributed by atoms with Crippen molar-refractivity contribution in [2.24, 2.45) is 0 Å². The van der Waals surface area contributed by atoms with Crippen LogP contribution in [0.2, 0.25) is 0 Å². The summed E-state index contributed by atoms with van der Waals surface area (Å²) in [5, 5.41) is 18.1. The number of hydrogen-bond donors (Lipinski definition) is 2. The highest BCUT2D eigenvalue weighted by molar-refractivity contribution is 5.97. The molecule has 1 aromatic heterocycles. The number of ketones is 1. The van der Waals surface area contributed by atoms with E-state index in [0.29, 0.717) is 13.0 Å². The van der Waals surface area contributed by atoms with Gasteiger partial charge in [0.1, 0.15) is 0 Å². The van der Waals surface area contributed by atoms with Gasteiger partial charge in [0.2, 0.25) is 0 Å². The number of aliphatic hydroxyl groups is 2. The van der Waals surface area contributed by atoms with Crippen molar-refractivity contribution in [3.8, 4) is 0 Å². The van der Waals surface area contributed by atoms with Gasteiger partial charge in [-0.2, -0.15) is 0 Å². The van der Waals surface area contributed by atoms with Crippen LogP contribution >= 0.6 is 0 Å². The van der Waals surface area contributed by atoms with Gasteiger partial charge in [-0.25, -0.2) is 0 Å². The van der Waals surface area contributed by atoms with Crippen molar-refractivity contribution in [2.75, 3.05) is 6.61 Å². The molecule has 4 heteroatoms. The summed E-state index contributed by atoms with van der Waals surface area (Å²) < 4.78 is 1.80. The van der Waals surface area contributed by atoms with Crippen LogP contribution in [0.25, 0.3) is 0 Å². The lowest BCUT2D eigenvalue weighted by atomic mass is 10.1. The predicted molar refractivity (Wildman–Crippen MR) is 59.4 cm³/mol. The Morgan fingerprint density at radius 3 is 2.81 bits per heavy atom. The standard InChI is InChI=1S/C12H17NO3/c14-8-10(15)6-13-5-9-3-1-2-4-12(16)11(9)7-13/h5,7,10,14-15H,1-4,6,8H2. The molecule has 16 heavy (non-hydrogen) atoms. The summed E-state index contributed by atoms with van der Waals surface area (Å²) in [4.78, 5) is 11.7. The van der Waals surface area contributed by atoms with Crippen molar-refractivity contribution in [3.63, 3.8) is 0 Å². The van der Waals surface area contributed by atoms with Crippen LogP contribution in [0.15, 0.2) is 12.4 Å². The normalized spacial score (nSPS) is 18.0. The zero-order valence-corrected chi connectivity index (χ0v) is 9.22. The van der Waals surface area contributed by atoms with E-state index in [0.717, 1.165) is 30.4 Å². The monoisotopic (exact) mass is 223 g/mol. The molecule has 2 rings (SSSR count). The predicted octanol–water partition coefficient (Wildman–Crippen LogP) is 0.750. The Hall–Kier alpha value is -1.13. The Kier molecular flexibility index (Phi) is 3.41. The van der Waals surface area contributed by atoms with Gasteiger partial charge in [-0.05, 0) is 24.8 Å². The summed E-state index contributed by atoms with van der Waals surface area (Å²) >= 11 is 0. The quantitative estimate of drug-likeness (QED) is 0.743. The second-order valence-corrected chi connectivity index (χ2v) is 4.36. The van der Waals surface area contributed by atoms with E-state index in [2.05, 4.69) is 0 Å². The molecule has 0 saturated heterocycles. The molecule has 0 radical (unpaired) electrons. The molecule has 0 amide bonds. The summed E-state index contributed by atoms with van der Waals surface area (Å²) in [6.45, 7) is 0.0908. The van der Waals surface area contributed by atoms with Gasteiger partial charge in [0.25, 0.3) is 0 Å². The molecular weight excluding hydrogens is 206 g/mol. The van der Waals surface area contributed by atoms with E-state index >= 15 is 0 Å². The molecule has 1 aromatic rings. The number of carbonyl (C=O) groups excluding carboxylic acids is 1. The first-order chi connectivity index (χ1) is 7.70. The molecule has 0 spiro atoms. The lowest BCUT2D eigenvalue weighted by Crippen LogP contribution is -2.18. The number of aliphatic hydroxyl groups excluding tert-OH is 2. The summed E-state index contributed by atoms with van der Waals surface area (Å²) in [6, 6.07) is 0. The number of rotatable bonds is 3. The van der Waals surface area contributed by atoms with E-state index in [1.807, 2.05) is 6.20 Å². The highest BCUT2D eigenvalue weighted by atomic mass is 16.3. The summed E-state index contributed by atoms with van der Waals surface area (Å²) in [6.07, 6.45) is 6.52. The van der Waals surface area contributed by atoms with E-state index in [1.54, 1.807) is 10.8 Å². The third-order valence-corrected chi connectivity index (χ3v) is 3.00. The first kappa shape index (κ1) is 11.4. The van der Waals surface area contributed by atoms with E-state index in [4.69, 9.17) is 5.11 Å². The first-order valence-corrected chi connectivity index (χ1v) is 5.71. The number of Topliss-reactive ketones (excluding diaryl/α,β-unsaturated/α-hetero) is 1. The van der Waals surface area contributed by atoms with Crippen LogP contribution in [0, 0.1) is 0 Å². The fourth-order valence-corrected chi connectivity index (χ4v) is 2.15. The van der Waals surface area contributed by atoms with Gasteiger partial charge >= 0.3 is 0 Å². The van der Waals surface area contributed by atoms with Crippen LogP contribution in [0.1, 0.15) is 35.2 Å². The maximum absolute atomic E-state index is 11.7. The second kappa shape index (κ2) is 4.80. The lowest BCUT2D eigenvalue weighted by Gasteiger charge is -2.07. The minimum atomic E-state index is -0.758. The van der Waals surface area contributed by atoms with Crippen molar-refractivity contribution in [1.82, 2.24) is 4.57 Å². The van der Waals surface area contributed by atoms with Gasteiger partial charge in [-0.3, -0.25) is 4.79 Å². The van der Waals surface area contributed by atoms with Gasteiger partial charge in [0.15, 0.2) is 5.78 Å². The molecule has 0 aliphatic heterocycles. The average Bonchev–Trinajstić information content (AvgIpc) is 2.59. The smallest absolute Gasteiger partial charge is 0.164 e. The molecule has 1 atom stereocenters. The Labute approximate surface area is 94.5 Å². The maximum Gasteiger partial charge on any atom is 0.164 e. The number of nitrogens with zero attached hydrogens (tertiary/aromatic N) is 1. The van der Waals surface area contributed by atoms with Crippen LogP contribution in [-0.4, -0.2) is 33.3 Å². The fraction of sp³-hybridized carbons (Fsp3) is 0.583. The van der Waals surface area contributed by atoms with E-state index < -0.39 is 6.10 Å². The Morgan fingerprint density at radius 1 is 1.31 bits per heavy atom. The highest BCUT2D eigenvalue weighted by Crippen LogP contribution is 2.21. The third kappa shape index (κ3) is 2.33. The van der Waals surface area contributed by atoms with Crippen LogP contribution in [0.5, 0.6) is 0 Å². The zero-order chi connectivity index (χ0) is 11.5. The first-order valence-electron chi connectivity index (χ1n) is 5.71. The minimum Gasteiger partial charge on any atom is -0.394 e.